The molecular formula is C13H14N2O4S2. The number of hydrogen-bond donors (Lipinski definition) is 1. The van der Waals surface area contributed by atoms with E-state index in [0.29, 0.717) is 5.75 Å². The molecule has 2 aliphatic heterocycles. The monoisotopic (exact) mass is 326 g/mol. The SMILES string of the molecule is Cc1ccc(S(=O)(=O)OC2=CN3C(=O)C(N)[C@H]3SC2)cc1. The summed E-state index contributed by atoms with van der Waals surface area (Å²) >= 11 is 1.39. The Kier molecular flexibility index (Phi) is 3.46. The molecule has 3 rings (SSSR count). The number of benzene rings is 1. The molecule has 1 aromatic carbocycles. The van der Waals surface area contributed by atoms with Gasteiger partial charge in [-0.2, -0.15) is 8.42 Å². The standard InChI is InChI=1S/C13H14N2O4S2/c1-8-2-4-10(5-3-8)21(17,18)19-9-6-15-12(16)11(14)13(15)20-7-9/h2-6,11,13H,7,14H2,1H3/t11?,13-/m1/s1. The maximum Gasteiger partial charge on any atom is 0.338 e. The minimum absolute atomic E-state index is 0.0905. The van der Waals surface area contributed by atoms with Gasteiger partial charge in [-0.3, -0.25) is 9.69 Å². The Morgan fingerprint density at radius 3 is 2.67 bits per heavy atom. The highest BCUT2D eigenvalue weighted by atomic mass is 32.2. The molecule has 8 heteroatoms. The van der Waals surface area contributed by atoms with Crippen LogP contribution < -0.4 is 5.73 Å². The van der Waals surface area contributed by atoms with E-state index in [1.54, 1.807) is 12.1 Å². The number of hydrogen-bond acceptors (Lipinski definition) is 6. The number of thioether (sulfide) groups is 1. The second-order valence-electron chi connectivity index (χ2n) is 4.92. The molecule has 2 aliphatic rings. The van der Waals surface area contributed by atoms with Crippen LogP contribution in [0.3, 0.4) is 0 Å². The number of aryl methyl sites for hydroxylation is 1. The Hall–Kier alpha value is -1.51. The van der Waals surface area contributed by atoms with Gasteiger partial charge < -0.3 is 9.92 Å². The van der Waals surface area contributed by atoms with Gasteiger partial charge in [0.15, 0.2) is 0 Å². The van der Waals surface area contributed by atoms with E-state index in [0.717, 1.165) is 5.56 Å². The van der Waals surface area contributed by atoms with Crippen LogP contribution in [0.2, 0.25) is 0 Å². The molecule has 6 nitrogen and oxygen atoms in total. The molecule has 112 valence electrons. The minimum Gasteiger partial charge on any atom is -0.381 e. The van der Waals surface area contributed by atoms with Crippen molar-refractivity contribution in [2.24, 2.45) is 5.73 Å². The van der Waals surface area contributed by atoms with Crippen molar-refractivity contribution in [3.8, 4) is 0 Å². The summed E-state index contributed by atoms with van der Waals surface area (Å²) in [6.45, 7) is 1.87. The Morgan fingerprint density at radius 1 is 1.33 bits per heavy atom. The van der Waals surface area contributed by atoms with Gasteiger partial charge in [0, 0.05) is 6.20 Å². The van der Waals surface area contributed by atoms with Gasteiger partial charge in [-0.1, -0.05) is 17.7 Å². The normalized spacial score (nSPS) is 25.0. The van der Waals surface area contributed by atoms with E-state index in [-0.39, 0.29) is 21.9 Å². The maximum atomic E-state index is 12.2. The first-order chi connectivity index (χ1) is 9.88. The zero-order valence-corrected chi connectivity index (χ0v) is 12.9. The number of nitrogens with two attached hydrogens (primary N) is 1. The predicted molar refractivity (Wildman–Crippen MR) is 78.6 cm³/mol. The number of carbonyl (C=O) groups excluding carboxylic acids is 1. The van der Waals surface area contributed by atoms with Crippen molar-refractivity contribution in [3.05, 3.63) is 41.8 Å². The molecule has 0 aromatic heterocycles. The van der Waals surface area contributed by atoms with E-state index in [2.05, 4.69) is 0 Å². The summed E-state index contributed by atoms with van der Waals surface area (Å²) in [5, 5.41) is -0.119. The molecule has 1 fully saturated rings. The third-order valence-corrected chi connectivity index (χ3v) is 5.92. The highest BCUT2D eigenvalue weighted by Gasteiger charge is 2.47. The average molecular weight is 326 g/mol. The summed E-state index contributed by atoms with van der Waals surface area (Å²) in [6, 6.07) is 5.88. The van der Waals surface area contributed by atoms with Crippen molar-refractivity contribution >= 4 is 27.8 Å². The van der Waals surface area contributed by atoms with Gasteiger partial charge in [0.25, 0.3) is 0 Å². The molecule has 0 bridgehead atoms. The summed E-state index contributed by atoms with van der Waals surface area (Å²) in [5.74, 6) is 0.380. The van der Waals surface area contributed by atoms with Gasteiger partial charge in [-0.25, -0.2) is 0 Å². The van der Waals surface area contributed by atoms with Crippen molar-refractivity contribution in [3.63, 3.8) is 0 Å². The van der Waals surface area contributed by atoms with Crippen molar-refractivity contribution in [2.45, 2.75) is 23.2 Å². The third kappa shape index (κ3) is 2.54. The highest BCUT2D eigenvalue weighted by molar-refractivity contribution is 8.00. The van der Waals surface area contributed by atoms with Crippen LogP contribution >= 0.6 is 11.8 Å². The van der Waals surface area contributed by atoms with Crippen LogP contribution in [-0.2, 0) is 19.1 Å². The van der Waals surface area contributed by atoms with Gasteiger partial charge in [-0.15, -0.1) is 11.8 Å². The topological polar surface area (TPSA) is 89.7 Å². The first-order valence-corrected chi connectivity index (χ1v) is 8.75. The van der Waals surface area contributed by atoms with Gasteiger partial charge in [-0.05, 0) is 19.1 Å². The highest BCUT2D eigenvalue weighted by Crippen LogP contribution is 2.36. The van der Waals surface area contributed by atoms with Crippen LogP contribution in [0.1, 0.15) is 5.56 Å². The maximum absolute atomic E-state index is 12.2. The van der Waals surface area contributed by atoms with E-state index >= 15 is 0 Å². The second kappa shape index (κ2) is 5.04. The van der Waals surface area contributed by atoms with Crippen molar-refractivity contribution < 1.29 is 17.4 Å². The molecule has 21 heavy (non-hydrogen) atoms. The molecule has 0 saturated carbocycles. The fourth-order valence-electron chi connectivity index (χ4n) is 2.13. The molecule has 2 heterocycles. The van der Waals surface area contributed by atoms with Gasteiger partial charge in [0.2, 0.25) is 5.91 Å². The number of rotatable bonds is 3. The summed E-state index contributed by atoms with van der Waals surface area (Å²) in [5.41, 5.74) is 6.62. The predicted octanol–water partition coefficient (Wildman–Crippen LogP) is 0.784. The lowest BCUT2D eigenvalue weighted by Crippen LogP contribution is -2.66. The summed E-state index contributed by atoms with van der Waals surface area (Å²) < 4.78 is 29.4. The Balaban J connectivity index is 1.79. The molecule has 0 radical (unpaired) electrons. The first kappa shape index (κ1) is 14.4. The van der Waals surface area contributed by atoms with Gasteiger partial charge >= 0.3 is 10.1 Å². The summed E-state index contributed by atoms with van der Waals surface area (Å²) in [4.78, 5) is 13.1. The van der Waals surface area contributed by atoms with Gasteiger partial charge in [0.1, 0.15) is 22.1 Å². The molecule has 1 amide bonds. The third-order valence-electron chi connectivity index (χ3n) is 3.33. The fraction of sp³-hybridized carbons (Fsp3) is 0.308. The summed E-state index contributed by atoms with van der Waals surface area (Å²) in [7, 11) is -3.88. The largest absolute Gasteiger partial charge is 0.381 e. The van der Waals surface area contributed by atoms with Crippen LogP contribution in [-0.4, -0.2) is 36.4 Å². The molecular weight excluding hydrogens is 312 g/mol. The first-order valence-electron chi connectivity index (χ1n) is 6.30. The molecule has 2 N–H and O–H groups in total. The van der Waals surface area contributed by atoms with E-state index in [1.807, 2.05) is 6.92 Å². The smallest absolute Gasteiger partial charge is 0.338 e. The number of amides is 1. The molecule has 2 atom stereocenters. The van der Waals surface area contributed by atoms with Crippen LogP contribution in [0.4, 0.5) is 0 Å². The number of fused-ring (bicyclic) bond motifs is 1. The van der Waals surface area contributed by atoms with Crippen LogP contribution in [0.15, 0.2) is 41.1 Å². The number of carbonyl (C=O) groups is 1. The van der Waals surface area contributed by atoms with Crippen LogP contribution in [0.5, 0.6) is 0 Å². The average Bonchev–Trinajstić information content (AvgIpc) is 2.46. The lowest BCUT2D eigenvalue weighted by molar-refractivity contribution is -0.140. The van der Waals surface area contributed by atoms with Gasteiger partial charge in [0.05, 0.1) is 5.75 Å². The van der Waals surface area contributed by atoms with E-state index < -0.39 is 16.2 Å². The zero-order chi connectivity index (χ0) is 15.2. The molecule has 0 aliphatic carbocycles. The van der Waals surface area contributed by atoms with E-state index in [9.17, 15) is 13.2 Å². The quantitative estimate of drug-likeness (QED) is 0.652. The molecule has 0 spiro atoms. The summed E-state index contributed by atoms with van der Waals surface area (Å²) in [6.07, 6.45) is 1.43. The lowest BCUT2D eigenvalue weighted by atomic mass is 10.1. The lowest BCUT2D eigenvalue weighted by Gasteiger charge is -2.45. The molecule has 1 saturated heterocycles. The van der Waals surface area contributed by atoms with Crippen LogP contribution in [0.25, 0.3) is 0 Å². The minimum atomic E-state index is -3.88. The van der Waals surface area contributed by atoms with E-state index in [4.69, 9.17) is 9.92 Å². The van der Waals surface area contributed by atoms with Crippen molar-refractivity contribution in [1.82, 2.24) is 4.90 Å². The van der Waals surface area contributed by atoms with Crippen molar-refractivity contribution in [2.75, 3.05) is 5.75 Å². The Bertz CT molecular complexity index is 712. The van der Waals surface area contributed by atoms with E-state index in [1.165, 1.54) is 35.0 Å². The Morgan fingerprint density at radius 2 is 2.00 bits per heavy atom. The molecule has 1 aromatic rings. The zero-order valence-electron chi connectivity index (χ0n) is 11.2. The number of nitrogens with zero attached hydrogens (tertiary/aromatic N) is 1. The van der Waals surface area contributed by atoms with Crippen LogP contribution in [0, 0.1) is 6.92 Å². The fourth-order valence-corrected chi connectivity index (χ4v) is 4.27. The number of β-lactam (4-membered cyclic amide) rings is 1. The van der Waals surface area contributed by atoms with Crippen molar-refractivity contribution in [1.29, 1.82) is 0 Å². The Labute approximate surface area is 127 Å². The molecule has 1 unspecified atom stereocenters. The second-order valence-corrected chi connectivity index (χ2v) is 7.57.